The highest BCUT2D eigenvalue weighted by atomic mass is 15.1. The molecule has 3 N–H and O–H groups in total. The molecular formula is C12H15N5. The molecule has 5 heteroatoms. The molecule has 0 saturated heterocycles. The summed E-state index contributed by atoms with van der Waals surface area (Å²) in [4.78, 5) is 8.70. The van der Waals surface area contributed by atoms with E-state index in [-0.39, 0.29) is 5.84 Å². The van der Waals surface area contributed by atoms with Crippen molar-refractivity contribution in [3.63, 3.8) is 0 Å². The second-order valence-corrected chi connectivity index (χ2v) is 3.80. The first-order chi connectivity index (χ1) is 8.13. The molecule has 0 unspecified atom stereocenters. The van der Waals surface area contributed by atoms with Crippen molar-refractivity contribution in [2.75, 3.05) is 0 Å². The standard InChI is InChI=1S/C12H15N5/c1-3-10-15-6-7-17(10)12-9(11(13)14)5-4-8(2)16-12/h4-7H,3H2,1-2H3,(H3,13,14). The number of amidine groups is 1. The number of aryl methyl sites for hydroxylation is 2. The molecule has 0 atom stereocenters. The molecule has 0 aliphatic heterocycles. The van der Waals surface area contributed by atoms with Crippen LogP contribution in [-0.2, 0) is 6.42 Å². The highest BCUT2D eigenvalue weighted by Crippen LogP contribution is 2.15. The molecule has 2 heterocycles. The number of nitrogen functional groups attached to an aromatic ring is 1. The number of aromatic nitrogens is 3. The fourth-order valence-corrected chi connectivity index (χ4v) is 1.73. The van der Waals surface area contributed by atoms with Crippen LogP contribution in [0.15, 0.2) is 24.5 Å². The number of imidazole rings is 1. The minimum atomic E-state index is 0.0169. The zero-order valence-corrected chi connectivity index (χ0v) is 9.94. The Kier molecular flexibility index (Phi) is 2.91. The van der Waals surface area contributed by atoms with E-state index in [2.05, 4.69) is 9.97 Å². The maximum absolute atomic E-state index is 7.58. The van der Waals surface area contributed by atoms with E-state index in [0.717, 1.165) is 17.9 Å². The van der Waals surface area contributed by atoms with E-state index < -0.39 is 0 Å². The van der Waals surface area contributed by atoms with Crippen LogP contribution < -0.4 is 5.73 Å². The van der Waals surface area contributed by atoms with E-state index >= 15 is 0 Å². The van der Waals surface area contributed by atoms with Crippen molar-refractivity contribution in [1.29, 1.82) is 5.41 Å². The number of nitrogens with one attached hydrogen (secondary N) is 1. The Hall–Kier alpha value is -2.17. The molecule has 0 bridgehead atoms. The number of nitrogens with zero attached hydrogens (tertiary/aromatic N) is 3. The Bertz CT molecular complexity index is 556. The highest BCUT2D eigenvalue weighted by Gasteiger charge is 2.12. The SMILES string of the molecule is CCc1nccn1-c1nc(C)ccc1C(=N)N. The van der Waals surface area contributed by atoms with Crippen LogP contribution in [0.2, 0.25) is 0 Å². The summed E-state index contributed by atoms with van der Waals surface area (Å²) in [5.74, 6) is 1.60. The molecule has 0 fully saturated rings. The van der Waals surface area contributed by atoms with Gasteiger partial charge in [0.15, 0.2) is 0 Å². The summed E-state index contributed by atoms with van der Waals surface area (Å²) in [6.45, 7) is 3.94. The lowest BCUT2D eigenvalue weighted by atomic mass is 10.2. The van der Waals surface area contributed by atoms with Gasteiger partial charge in [0.1, 0.15) is 17.5 Å². The number of hydrogen-bond acceptors (Lipinski definition) is 3. The summed E-state index contributed by atoms with van der Waals surface area (Å²) in [5, 5.41) is 7.58. The van der Waals surface area contributed by atoms with Gasteiger partial charge in [0.25, 0.3) is 0 Å². The second-order valence-electron chi connectivity index (χ2n) is 3.80. The molecular weight excluding hydrogens is 214 g/mol. The third-order valence-corrected chi connectivity index (χ3v) is 2.57. The highest BCUT2D eigenvalue weighted by molar-refractivity contribution is 5.97. The first-order valence-corrected chi connectivity index (χ1v) is 5.48. The summed E-state index contributed by atoms with van der Waals surface area (Å²) in [6, 6.07) is 3.67. The van der Waals surface area contributed by atoms with Gasteiger partial charge in [0.2, 0.25) is 0 Å². The Labute approximate surface area is 99.8 Å². The van der Waals surface area contributed by atoms with Crippen LogP contribution in [0.25, 0.3) is 5.82 Å². The normalized spacial score (nSPS) is 10.5. The van der Waals surface area contributed by atoms with Gasteiger partial charge in [-0.3, -0.25) is 9.98 Å². The number of rotatable bonds is 3. The molecule has 0 radical (unpaired) electrons. The zero-order valence-electron chi connectivity index (χ0n) is 9.94. The zero-order chi connectivity index (χ0) is 12.4. The lowest BCUT2D eigenvalue weighted by Gasteiger charge is -2.11. The number of nitrogens with two attached hydrogens (primary N) is 1. The maximum Gasteiger partial charge on any atom is 0.149 e. The van der Waals surface area contributed by atoms with Crippen LogP contribution in [0.4, 0.5) is 0 Å². The lowest BCUT2D eigenvalue weighted by molar-refractivity contribution is 0.860. The summed E-state index contributed by atoms with van der Waals surface area (Å²) in [6.07, 6.45) is 4.37. The van der Waals surface area contributed by atoms with Gasteiger partial charge in [-0.25, -0.2) is 9.97 Å². The van der Waals surface area contributed by atoms with Crippen LogP contribution >= 0.6 is 0 Å². The molecule has 2 aromatic heterocycles. The van der Waals surface area contributed by atoms with Gasteiger partial charge in [0.05, 0.1) is 5.56 Å². The van der Waals surface area contributed by atoms with Crippen molar-refractivity contribution in [2.24, 2.45) is 5.73 Å². The van der Waals surface area contributed by atoms with Crippen LogP contribution in [0.3, 0.4) is 0 Å². The van der Waals surface area contributed by atoms with Crippen molar-refractivity contribution in [3.05, 3.63) is 41.6 Å². The topological polar surface area (TPSA) is 80.6 Å². The molecule has 0 aliphatic carbocycles. The predicted octanol–water partition coefficient (Wildman–Crippen LogP) is 1.42. The quantitative estimate of drug-likeness (QED) is 0.617. The molecule has 0 spiro atoms. The van der Waals surface area contributed by atoms with Gasteiger partial charge < -0.3 is 5.73 Å². The fourth-order valence-electron chi connectivity index (χ4n) is 1.73. The minimum absolute atomic E-state index is 0.0169. The van der Waals surface area contributed by atoms with Crippen molar-refractivity contribution in [1.82, 2.24) is 14.5 Å². The van der Waals surface area contributed by atoms with Gasteiger partial charge >= 0.3 is 0 Å². The van der Waals surface area contributed by atoms with Gasteiger partial charge in [-0.05, 0) is 19.1 Å². The molecule has 0 saturated carbocycles. The summed E-state index contributed by atoms with van der Waals surface area (Å²) >= 11 is 0. The van der Waals surface area contributed by atoms with Crippen LogP contribution in [0.5, 0.6) is 0 Å². The predicted molar refractivity (Wildman–Crippen MR) is 66.5 cm³/mol. The molecule has 0 aromatic carbocycles. The minimum Gasteiger partial charge on any atom is -0.384 e. The van der Waals surface area contributed by atoms with E-state index in [4.69, 9.17) is 11.1 Å². The van der Waals surface area contributed by atoms with Crippen molar-refractivity contribution < 1.29 is 0 Å². The van der Waals surface area contributed by atoms with E-state index in [0.29, 0.717) is 11.4 Å². The van der Waals surface area contributed by atoms with Gasteiger partial charge in [-0.1, -0.05) is 6.92 Å². The van der Waals surface area contributed by atoms with E-state index in [1.807, 2.05) is 36.7 Å². The van der Waals surface area contributed by atoms with E-state index in [1.54, 1.807) is 6.20 Å². The summed E-state index contributed by atoms with van der Waals surface area (Å²) < 4.78 is 1.88. The van der Waals surface area contributed by atoms with Crippen molar-refractivity contribution in [2.45, 2.75) is 20.3 Å². The lowest BCUT2D eigenvalue weighted by Crippen LogP contribution is -2.17. The molecule has 2 aromatic rings. The maximum atomic E-state index is 7.58. The van der Waals surface area contributed by atoms with Crippen molar-refractivity contribution >= 4 is 5.84 Å². The third kappa shape index (κ3) is 2.04. The van der Waals surface area contributed by atoms with Gasteiger partial charge in [-0.15, -0.1) is 0 Å². The first kappa shape index (κ1) is 11.3. The molecule has 5 nitrogen and oxygen atoms in total. The van der Waals surface area contributed by atoms with Crippen molar-refractivity contribution in [3.8, 4) is 5.82 Å². The molecule has 17 heavy (non-hydrogen) atoms. The van der Waals surface area contributed by atoms with Crippen LogP contribution in [0, 0.1) is 12.3 Å². The molecule has 0 amide bonds. The number of pyridine rings is 1. The molecule has 88 valence electrons. The molecule has 2 rings (SSSR count). The van der Waals surface area contributed by atoms with Gasteiger partial charge in [-0.2, -0.15) is 0 Å². The Balaban J connectivity index is 2.65. The first-order valence-electron chi connectivity index (χ1n) is 5.48. The monoisotopic (exact) mass is 229 g/mol. The van der Waals surface area contributed by atoms with Crippen LogP contribution in [0.1, 0.15) is 24.0 Å². The van der Waals surface area contributed by atoms with E-state index in [1.165, 1.54) is 0 Å². The van der Waals surface area contributed by atoms with Crippen LogP contribution in [-0.4, -0.2) is 20.4 Å². The average Bonchev–Trinajstić information content (AvgIpc) is 2.76. The fraction of sp³-hybridized carbons (Fsp3) is 0.250. The summed E-state index contributed by atoms with van der Waals surface area (Å²) in [7, 11) is 0. The Morgan fingerprint density at radius 3 is 2.88 bits per heavy atom. The largest absolute Gasteiger partial charge is 0.384 e. The average molecular weight is 229 g/mol. The van der Waals surface area contributed by atoms with Gasteiger partial charge in [0, 0.05) is 24.5 Å². The van der Waals surface area contributed by atoms with E-state index in [9.17, 15) is 0 Å². The second kappa shape index (κ2) is 4.37. The number of hydrogen-bond donors (Lipinski definition) is 2. The third-order valence-electron chi connectivity index (χ3n) is 2.57. The summed E-state index contributed by atoms with van der Waals surface area (Å²) in [5.41, 5.74) is 7.09. The molecule has 0 aliphatic rings. The Morgan fingerprint density at radius 1 is 1.47 bits per heavy atom. The Morgan fingerprint density at radius 2 is 2.24 bits per heavy atom. The smallest absolute Gasteiger partial charge is 0.149 e.